The monoisotopic (exact) mass is 971 g/mol. The third-order valence-corrected chi connectivity index (χ3v) is 12.7. The van der Waals surface area contributed by atoms with E-state index in [1.54, 1.807) is 0 Å². The highest BCUT2D eigenvalue weighted by atomic mass is 16.8. The molecule has 30 heteroatoms. The fourth-order valence-electron chi connectivity index (χ4n) is 8.97. The van der Waals surface area contributed by atoms with Gasteiger partial charge in [-0.2, -0.15) is 0 Å². The van der Waals surface area contributed by atoms with Crippen LogP contribution in [-0.4, -0.2) is 311 Å². The minimum Gasteiger partial charge on any atom is -0.394 e. The highest BCUT2D eigenvalue weighted by molar-refractivity contribution is 5.01. The second kappa shape index (κ2) is 22.1. The summed E-state index contributed by atoms with van der Waals surface area (Å²) in [5.41, 5.74) is 5.91. The van der Waals surface area contributed by atoms with Gasteiger partial charge in [0.2, 0.25) is 0 Å². The number of rotatable bonds is 6. The number of hydrogen-bond donors (Lipinski definition) is 18. The summed E-state index contributed by atoms with van der Waals surface area (Å²) in [7, 11) is 0. The van der Waals surface area contributed by atoms with Crippen LogP contribution >= 0.6 is 0 Å². The van der Waals surface area contributed by atoms with E-state index in [0.29, 0.717) is 0 Å². The second-order valence-electron chi connectivity index (χ2n) is 16.9. The van der Waals surface area contributed by atoms with Crippen molar-refractivity contribution in [2.45, 2.75) is 184 Å². The molecule has 384 valence electrons. The predicted molar refractivity (Wildman–Crippen MR) is 198 cm³/mol. The van der Waals surface area contributed by atoms with Crippen LogP contribution in [0.5, 0.6) is 0 Å². The van der Waals surface area contributed by atoms with Crippen LogP contribution in [0, 0.1) is 0 Å². The van der Waals surface area contributed by atoms with Crippen molar-refractivity contribution in [2.75, 3.05) is 39.6 Å². The Morgan fingerprint density at radius 2 is 0.379 bits per heavy atom. The van der Waals surface area contributed by atoms with E-state index in [9.17, 15) is 86.8 Å². The lowest BCUT2D eigenvalue weighted by Crippen LogP contribution is -2.69. The lowest BCUT2D eigenvalue weighted by Gasteiger charge is -2.50. The van der Waals surface area contributed by atoms with Gasteiger partial charge in [-0.15, -0.1) is 0 Å². The summed E-state index contributed by atoms with van der Waals surface area (Å²) >= 11 is 0. The van der Waals surface area contributed by atoms with Crippen LogP contribution < -0.4 is 5.73 Å². The predicted octanol–water partition coefficient (Wildman–Crippen LogP) is -13.1. The van der Waals surface area contributed by atoms with Gasteiger partial charge in [0.15, 0.2) is 37.7 Å². The lowest BCUT2D eigenvalue weighted by atomic mass is 9.94. The molecule has 12 bridgehead atoms. The first-order valence-corrected chi connectivity index (χ1v) is 21.2. The molecule has 30 nitrogen and oxygen atoms in total. The molecule has 0 aromatic rings. The van der Waals surface area contributed by atoms with E-state index in [0.717, 1.165) is 0 Å². The van der Waals surface area contributed by atoms with Crippen LogP contribution in [0.1, 0.15) is 0 Å². The normalized spacial score (nSPS) is 55.4. The largest absolute Gasteiger partial charge is 0.394 e. The first-order valence-electron chi connectivity index (χ1n) is 21.2. The molecule has 0 aromatic heterocycles. The molecule has 22 fully saturated rings. The zero-order valence-electron chi connectivity index (χ0n) is 34.6. The van der Waals surface area contributed by atoms with Crippen molar-refractivity contribution in [2.24, 2.45) is 5.73 Å². The minimum atomic E-state index is -2.14. The van der Waals surface area contributed by atoms with Crippen molar-refractivity contribution < 1.29 is 144 Å². The van der Waals surface area contributed by atoms with Crippen molar-refractivity contribution in [3.8, 4) is 0 Å². The Hall–Kier alpha value is -1.20. The van der Waals surface area contributed by atoms with E-state index < -0.39 is 224 Å². The summed E-state index contributed by atoms with van der Waals surface area (Å²) in [5, 5.41) is 186. The van der Waals surface area contributed by atoms with Crippen LogP contribution in [0.3, 0.4) is 0 Å². The molecule has 19 N–H and O–H groups in total. The SMILES string of the molecule is NCC1OC2OC3C(CO)OC(OC4C(CO)OC(OC5C(CO)OC(O[C@@H]6C(CO)OC(OC7C(CO)OC(OC1C(O)C2O)C(O)C7O)C(O)C6O)C(O)C5O)C(O)C4O)C(O)C3O. The number of aliphatic hydroxyl groups is 17. The van der Waals surface area contributed by atoms with E-state index >= 15 is 0 Å². The Morgan fingerprint density at radius 3 is 0.530 bits per heavy atom. The molecule has 30 atom stereocenters. The van der Waals surface area contributed by atoms with Gasteiger partial charge in [0, 0.05) is 6.54 Å². The van der Waals surface area contributed by atoms with E-state index in [-0.39, 0.29) is 0 Å². The number of hydrogen-bond acceptors (Lipinski definition) is 30. The molecular weight excluding hydrogens is 910 g/mol. The van der Waals surface area contributed by atoms with Gasteiger partial charge < -0.3 is 149 Å². The standard InChI is InChI=1S/C36H61NO29/c37-1-7-25-13(43)19(49)31(55-7)62-26-8(2-38)57-33(21(51)15(26)45)64-28-10(4-40)59-35(23(53)17(28)47)66-30-12(6-42)60-36(24(54)18(30)48)65-29-11(5-41)58-34(22(52)16(29)46)63-27-9(3-39)56-32(61-25)20(50)14(27)44/h7-36,38-54H,1-6,37H2/t7?,8?,9?,10?,11?,12?,13?,14?,15?,16?,17?,18?,19?,20?,21?,22?,23?,24?,25?,26?,27?,28?,29-,30?,31?,32?,33?,34?,35?,36?/m1/s1. The Labute approximate surface area is 373 Å². The van der Waals surface area contributed by atoms with Crippen molar-refractivity contribution >= 4 is 0 Å². The molecule has 0 aromatic carbocycles. The Kier molecular flexibility index (Phi) is 17.6. The molecule has 0 radical (unpaired) electrons. The number of ether oxygens (including phenoxy) is 12. The summed E-state index contributed by atoms with van der Waals surface area (Å²) < 4.78 is 68.3. The minimum absolute atomic E-state index is 0.499. The van der Waals surface area contributed by atoms with E-state index in [2.05, 4.69) is 0 Å². The molecule has 22 aliphatic heterocycles. The third kappa shape index (κ3) is 10.0. The fraction of sp³-hybridized carbons (Fsp3) is 1.00. The molecule has 22 aliphatic rings. The van der Waals surface area contributed by atoms with Crippen molar-refractivity contribution in [3.05, 3.63) is 0 Å². The smallest absolute Gasteiger partial charge is 0.187 e. The maximum absolute atomic E-state index is 11.3. The quantitative estimate of drug-likeness (QED) is 0.117. The first kappa shape index (κ1) is 52.6. The van der Waals surface area contributed by atoms with Crippen LogP contribution in [0.25, 0.3) is 0 Å². The zero-order valence-corrected chi connectivity index (χ0v) is 34.6. The van der Waals surface area contributed by atoms with Crippen LogP contribution in [0.2, 0.25) is 0 Å². The number of nitrogens with two attached hydrogens (primary N) is 1. The molecule has 66 heavy (non-hydrogen) atoms. The van der Waals surface area contributed by atoms with Gasteiger partial charge in [-0.05, 0) is 0 Å². The molecule has 0 spiro atoms. The lowest BCUT2D eigenvalue weighted by molar-refractivity contribution is -0.403. The van der Waals surface area contributed by atoms with E-state index in [1.165, 1.54) is 0 Å². The summed E-state index contributed by atoms with van der Waals surface area (Å²) in [6, 6.07) is 0. The molecule has 22 saturated heterocycles. The molecule has 29 unspecified atom stereocenters. The van der Waals surface area contributed by atoms with E-state index in [1.807, 2.05) is 0 Å². The summed E-state index contributed by atoms with van der Waals surface area (Å²) in [6.45, 7) is -5.42. The van der Waals surface area contributed by atoms with Gasteiger partial charge in [-0.1, -0.05) is 0 Å². The van der Waals surface area contributed by atoms with E-state index in [4.69, 9.17) is 62.6 Å². The molecule has 0 amide bonds. The Morgan fingerprint density at radius 1 is 0.227 bits per heavy atom. The van der Waals surface area contributed by atoms with Crippen LogP contribution in [0.4, 0.5) is 0 Å². The molecular formula is C36H61NO29. The van der Waals surface area contributed by atoms with Gasteiger partial charge in [0.05, 0.1) is 33.0 Å². The highest BCUT2D eigenvalue weighted by Crippen LogP contribution is 2.38. The fourth-order valence-corrected chi connectivity index (χ4v) is 8.97. The summed E-state index contributed by atoms with van der Waals surface area (Å²) in [4.78, 5) is 0. The average Bonchev–Trinajstić information content (AvgIpc) is 3.31. The molecule has 0 aliphatic carbocycles. The second-order valence-corrected chi connectivity index (χ2v) is 16.9. The highest BCUT2D eigenvalue weighted by Gasteiger charge is 2.58. The maximum atomic E-state index is 11.3. The summed E-state index contributed by atoms with van der Waals surface area (Å²) in [5.74, 6) is 0. The van der Waals surface area contributed by atoms with Gasteiger partial charge in [-0.25, -0.2) is 0 Å². The van der Waals surface area contributed by atoms with Gasteiger partial charge in [0.25, 0.3) is 0 Å². The third-order valence-electron chi connectivity index (χ3n) is 12.7. The van der Waals surface area contributed by atoms with Gasteiger partial charge in [-0.3, -0.25) is 0 Å². The molecule has 22 rings (SSSR count). The van der Waals surface area contributed by atoms with Crippen molar-refractivity contribution in [1.29, 1.82) is 0 Å². The Bertz CT molecular complexity index is 1240. The number of aliphatic hydroxyl groups excluding tert-OH is 17. The van der Waals surface area contributed by atoms with Crippen molar-refractivity contribution in [3.63, 3.8) is 0 Å². The molecule has 0 saturated carbocycles. The molecule has 22 heterocycles. The first-order chi connectivity index (χ1) is 31.4. The zero-order chi connectivity index (χ0) is 48.0. The van der Waals surface area contributed by atoms with Crippen LogP contribution in [-0.2, 0) is 56.8 Å². The topological polar surface area (TPSA) is 481 Å². The average molecular weight is 972 g/mol. The van der Waals surface area contributed by atoms with Gasteiger partial charge >= 0.3 is 0 Å². The van der Waals surface area contributed by atoms with Gasteiger partial charge in [0.1, 0.15) is 146 Å². The maximum Gasteiger partial charge on any atom is 0.187 e. The Balaban J connectivity index is 1.19. The van der Waals surface area contributed by atoms with Crippen LogP contribution in [0.15, 0.2) is 0 Å². The van der Waals surface area contributed by atoms with Crippen molar-refractivity contribution in [1.82, 2.24) is 0 Å². The summed E-state index contributed by atoms with van der Waals surface area (Å²) in [6.07, 6.45) is -57.4.